The zero-order valence-corrected chi connectivity index (χ0v) is 28.2. The highest BCUT2D eigenvalue weighted by Gasteiger charge is 2.38. The Kier molecular flexibility index (Phi) is 10.7. The lowest BCUT2D eigenvalue weighted by Gasteiger charge is -2.44. The van der Waals surface area contributed by atoms with Gasteiger partial charge >= 0.3 is 11.9 Å². The highest BCUT2D eigenvalue weighted by atomic mass is 35.5. The molecule has 0 unspecified atom stereocenters. The number of hydrogen-bond acceptors (Lipinski definition) is 9. The van der Waals surface area contributed by atoms with Crippen LogP contribution in [-0.4, -0.2) is 61.8 Å². The topological polar surface area (TPSA) is 99.2 Å². The van der Waals surface area contributed by atoms with Gasteiger partial charge in [0.25, 0.3) is 0 Å². The fourth-order valence-electron chi connectivity index (χ4n) is 6.38. The van der Waals surface area contributed by atoms with Crippen LogP contribution in [0.4, 0.5) is 5.69 Å². The summed E-state index contributed by atoms with van der Waals surface area (Å²) in [6.07, 6.45) is 4.32. The number of ether oxygens (including phenoxy) is 4. The minimum absolute atomic E-state index is 0.134. The van der Waals surface area contributed by atoms with E-state index in [2.05, 4.69) is 15.2 Å². The van der Waals surface area contributed by atoms with Gasteiger partial charge in [-0.2, -0.15) is 0 Å². The van der Waals surface area contributed by atoms with Gasteiger partial charge in [-0.1, -0.05) is 65.7 Å². The first-order chi connectivity index (χ1) is 23.3. The SMILES string of the molecule is COc1ccc([C@H](Cc2c(Cl)cncc2Cl)OC(=O)c2cccc(N[C@@H](C(=O)O[C@H]3CN4CCC3CC4)c3ccccc3)c2)cc1OC. The molecule has 3 aliphatic heterocycles. The average Bonchev–Trinajstić information content (AvgIpc) is 3.12. The minimum Gasteiger partial charge on any atom is -0.493 e. The van der Waals surface area contributed by atoms with Gasteiger partial charge in [-0.05, 0) is 78.9 Å². The van der Waals surface area contributed by atoms with E-state index in [-0.39, 0.29) is 24.1 Å². The summed E-state index contributed by atoms with van der Waals surface area (Å²) in [6.45, 7) is 2.87. The Morgan fingerprint density at radius 3 is 2.29 bits per heavy atom. The number of nitrogens with one attached hydrogen (secondary N) is 1. The van der Waals surface area contributed by atoms with E-state index in [4.69, 9.17) is 42.1 Å². The number of halogens is 2. The molecule has 2 bridgehead atoms. The van der Waals surface area contributed by atoms with E-state index in [9.17, 15) is 9.59 Å². The lowest BCUT2D eigenvalue weighted by molar-refractivity contribution is -0.159. The smallest absolute Gasteiger partial charge is 0.338 e. The molecule has 3 fully saturated rings. The van der Waals surface area contributed by atoms with E-state index in [1.165, 1.54) is 19.5 Å². The zero-order chi connectivity index (χ0) is 33.6. The lowest BCUT2D eigenvalue weighted by Crippen LogP contribution is -2.52. The second-order valence-electron chi connectivity index (χ2n) is 12.0. The number of methoxy groups -OCH3 is 2. The van der Waals surface area contributed by atoms with Crippen molar-refractivity contribution in [1.82, 2.24) is 9.88 Å². The third kappa shape index (κ3) is 7.70. The van der Waals surface area contributed by atoms with Gasteiger partial charge in [0.15, 0.2) is 17.5 Å². The number of carbonyl (C=O) groups is 2. The normalized spacial score (nSPS) is 19.5. The predicted molar refractivity (Wildman–Crippen MR) is 184 cm³/mol. The summed E-state index contributed by atoms with van der Waals surface area (Å²) < 4.78 is 23.2. The van der Waals surface area contributed by atoms with Crippen LogP contribution in [0.2, 0.25) is 10.0 Å². The van der Waals surface area contributed by atoms with Crippen molar-refractivity contribution < 1.29 is 28.5 Å². The Bertz CT molecular complexity index is 1730. The van der Waals surface area contributed by atoms with Crippen LogP contribution >= 0.6 is 23.2 Å². The Labute approximate surface area is 290 Å². The summed E-state index contributed by atoms with van der Waals surface area (Å²) in [7, 11) is 3.08. The number of pyridine rings is 1. The second kappa shape index (κ2) is 15.3. The van der Waals surface area contributed by atoms with Crippen molar-refractivity contribution in [2.45, 2.75) is 37.5 Å². The highest BCUT2D eigenvalue weighted by molar-refractivity contribution is 6.35. The fourth-order valence-corrected chi connectivity index (χ4v) is 6.90. The summed E-state index contributed by atoms with van der Waals surface area (Å²) in [5, 5.41) is 4.03. The summed E-state index contributed by atoms with van der Waals surface area (Å²) in [5.74, 6) is 0.457. The molecule has 48 heavy (non-hydrogen) atoms. The van der Waals surface area contributed by atoms with Crippen molar-refractivity contribution in [3.8, 4) is 11.5 Å². The first-order valence-corrected chi connectivity index (χ1v) is 16.6. The van der Waals surface area contributed by atoms with E-state index in [0.29, 0.717) is 44.3 Å². The van der Waals surface area contributed by atoms with Crippen molar-refractivity contribution >= 4 is 40.8 Å². The second-order valence-corrected chi connectivity index (χ2v) is 12.8. The van der Waals surface area contributed by atoms with E-state index in [0.717, 1.165) is 38.0 Å². The summed E-state index contributed by atoms with van der Waals surface area (Å²) >= 11 is 12.9. The van der Waals surface area contributed by atoms with Crippen LogP contribution in [0.5, 0.6) is 11.5 Å². The quantitative estimate of drug-likeness (QED) is 0.153. The molecule has 3 aliphatic rings. The minimum atomic E-state index is -0.792. The zero-order valence-electron chi connectivity index (χ0n) is 26.7. The number of nitrogens with zero attached hydrogens (tertiary/aromatic N) is 2. The van der Waals surface area contributed by atoms with Crippen LogP contribution in [0.3, 0.4) is 0 Å². The summed E-state index contributed by atoms with van der Waals surface area (Å²) in [4.78, 5) is 33.9. The molecule has 1 aromatic heterocycles. The molecule has 4 heterocycles. The molecule has 250 valence electrons. The number of anilines is 1. The van der Waals surface area contributed by atoms with E-state index < -0.39 is 18.1 Å². The Balaban J connectivity index is 1.24. The third-order valence-electron chi connectivity index (χ3n) is 9.01. The van der Waals surface area contributed by atoms with Crippen LogP contribution in [0.15, 0.2) is 85.2 Å². The number of rotatable bonds is 12. The van der Waals surface area contributed by atoms with Crippen molar-refractivity contribution in [2.24, 2.45) is 5.92 Å². The number of fused-ring (bicyclic) bond motifs is 3. The van der Waals surface area contributed by atoms with Crippen LogP contribution < -0.4 is 14.8 Å². The molecule has 3 saturated heterocycles. The largest absolute Gasteiger partial charge is 0.493 e. The first-order valence-electron chi connectivity index (χ1n) is 15.9. The molecule has 11 heteroatoms. The van der Waals surface area contributed by atoms with E-state index in [1.54, 1.807) is 49.6 Å². The predicted octanol–water partition coefficient (Wildman–Crippen LogP) is 7.34. The fraction of sp³-hybridized carbons (Fsp3) is 0.324. The standard InChI is InChI=1S/C37H37Cl2N3O6/c1-45-31-12-11-25(18-33(31)46-2)32(19-28-29(38)20-40-21-30(28)39)47-36(43)26-9-6-10-27(17-26)41-35(24-7-4-3-5-8-24)37(44)48-34-22-42-15-13-23(34)14-16-42/h3-12,17-18,20-21,23,32,34-35,41H,13-16,19,22H2,1-2H3/t32-,34-,35+/m0/s1. The van der Waals surface area contributed by atoms with Crippen molar-refractivity contribution in [3.05, 3.63) is 117 Å². The van der Waals surface area contributed by atoms with E-state index in [1.807, 2.05) is 30.3 Å². The summed E-state index contributed by atoms with van der Waals surface area (Å²) in [5.41, 5.74) is 2.85. The van der Waals surface area contributed by atoms with Gasteiger partial charge in [-0.25, -0.2) is 9.59 Å². The molecule has 0 spiro atoms. The van der Waals surface area contributed by atoms with Crippen molar-refractivity contribution in [2.75, 3.05) is 39.2 Å². The number of esters is 2. The van der Waals surface area contributed by atoms with Crippen LogP contribution in [0.25, 0.3) is 0 Å². The number of piperidine rings is 3. The maximum absolute atomic E-state index is 13.8. The molecule has 0 aliphatic carbocycles. The van der Waals surface area contributed by atoms with Gasteiger partial charge in [0.2, 0.25) is 0 Å². The monoisotopic (exact) mass is 689 g/mol. The molecule has 0 radical (unpaired) electrons. The number of hydrogen-bond donors (Lipinski definition) is 1. The molecule has 1 N–H and O–H groups in total. The van der Waals surface area contributed by atoms with Crippen molar-refractivity contribution in [3.63, 3.8) is 0 Å². The molecular weight excluding hydrogens is 653 g/mol. The van der Waals surface area contributed by atoms with Crippen LogP contribution in [0, 0.1) is 5.92 Å². The molecular formula is C37H37Cl2N3O6. The maximum Gasteiger partial charge on any atom is 0.338 e. The van der Waals surface area contributed by atoms with E-state index >= 15 is 0 Å². The van der Waals surface area contributed by atoms with Crippen LogP contribution in [0.1, 0.15) is 52.0 Å². The highest BCUT2D eigenvalue weighted by Crippen LogP contribution is 2.36. The Hall–Kier alpha value is -4.31. The van der Waals surface area contributed by atoms with Gasteiger partial charge < -0.3 is 24.3 Å². The maximum atomic E-state index is 13.8. The van der Waals surface area contributed by atoms with Gasteiger partial charge in [0, 0.05) is 31.0 Å². The number of aromatic nitrogens is 1. The molecule has 3 aromatic carbocycles. The van der Waals surface area contributed by atoms with Crippen LogP contribution in [-0.2, 0) is 20.7 Å². The number of benzene rings is 3. The third-order valence-corrected chi connectivity index (χ3v) is 9.66. The molecule has 9 nitrogen and oxygen atoms in total. The number of carbonyl (C=O) groups excluding carboxylic acids is 2. The van der Waals surface area contributed by atoms with Gasteiger partial charge in [-0.15, -0.1) is 0 Å². The molecule has 3 atom stereocenters. The van der Waals surface area contributed by atoms with Gasteiger partial charge in [0.1, 0.15) is 12.2 Å². The Morgan fingerprint density at radius 1 is 0.896 bits per heavy atom. The molecule has 0 saturated carbocycles. The Morgan fingerprint density at radius 2 is 1.62 bits per heavy atom. The first kappa shape index (κ1) is 33.6. The molecule has 0 amide bonds. The van der Waals surface area contributed by atoms with Gasteiger partial charge in [0.05, 0.1) is 29.8 Å². The molecule has 7 rings (SSSR count). The summed E-state index contributed by atoms with van der Waals surface area (Å²) in [6, 6.07) is 20.8. The molecule has 4 aromatic rings. The van der Waals surface area contributed by atoms with Gasteiger partial charge in [-0.3, -0.25) is 9.88 Å². The lowest BCUT2D eigenvalue weighted by atomic mass is 9.86. The van der Waals surface area contributed by atoms with Crippen molar-refractivity contribution in [1.29, 1.82) is 0 Å². The average molecular weight is 691 g/mol.